The number of benzene rings is 2. The van der Waals surface area contributed by atoms with E-state index in [1.54, 1.807) is 7.11 Å². The minimum atomic E-state index is 0.399. The molecule has 0 aromatic heterocycles. The number of hydrogen-bond donors (Lipinski definition) is 1. The molecule has 0 bridgehead atoms. The van der Waals surface area contributed by atoms with Crippen molar-refractivity contribution >= 4 is 5.69 Å². The molecule has 0 aliphatic rings. The van der Waals surface area contributed by atoms with E-state index in [9.17, 15) is 0 Å². The maximum absolute atomic E-state index is 5.19. The van der Waals surface area contributed by atoms with E-state index < -0.39 is 0 Å². The second kappa shape index (κ2) is 7.72. The number of aryl methyl sites for hydroxylation is 1. The summed E-state index contributed by atoms with van der Waals surface area (Å²) in [5, 5.41) is 3.56. The van der Waals surface area contributed by atoms with Gasteiger partial charge < -0.3 is 10.1 Å². The number of methoxy groups -OCH3 is 1. The van der Waals surface area contributed by atoms with Gasteiger partial charge in [-0.3, -0.25) is 0 Å². The summed E-state index contributed by atoms with van der Waals surface area (Å²) in [7, 11) is 1.70. The largest absolute Gasteiger partial charge is 0.497 e. The summed E-state index contributed by atoms with van der Waals surface area (Å²) in [6.07, 6.45) is 3.35. The lowest BCUT2D eigenvalue weighted by Gasteiger charge is -2.16. The normalized spacial score (nSPS) is 12.0. The summed E-state index contributed by atoms with van der Waals surface area (Å²) in [6.45, 7) is 4.42. The van der Waals surface area contributed by atoms with Gasteiger partial charge in [0, 0.05) is 11.7 Å². The molecule has 112 valence electrons. The summed E-state index contributed by atoms with van der Waals surface area (Å²) in [5.74, 6) is 0.908. The molecule has 2 heteroatoms. The van der Waals surface area contributed by atoms with Crippen LogP contribution in [0.3, 0.4) is 0 Å². The summed E-state index contributed by atoms with van der Waals surface area (Å²) >= 11 is 0. The molecule has 0 amide bonds. The van der Waals surface area contributed by atoms with Crippen LogP contribution in [-0.4, -0.2) is 13.2 Å². The Morgan fingerprint density at radius 3 is 2.14 bits per heavy atom. The Kier molecular flexibility index (Phi) is 5.68. The van der Waals surface area contributed by atoms with Crippen LogP contribution in [-0.2, 0) is 12.8 Å². The van der Waals surface area contributed by atoms with Crippen LogP contribution in [0.4, 0.5) is 5.69 Å². The van der Waals surface area contributed by atoms with Crippen LogP contribution in [0, 0.1) is 0 Å². The molecule has 0 fully saturated rings. The Labute approximate surface area is 128 Å². The van der Waals surface area contributed by atoms with Crippen LogP contribution >= 0.6 is 0 Å². The molecule has 21 heavy (non-hydrogen) atoms. The van der Waals surface area contributed by atoms with E-state index in [4.69, 9.17) is 4.74 Å². The average Bonchev–Trinajstić information content (AvgIpc) is 2.50. The molecule has 0 aliphatic heterocycles. The molecular weight excluding hydrogens is 258 g/mol. The van der Waals surface area contributed by atoms with Crippen molar-refractivity contribution in [1.82, 2.24) is 0 Å². The van der Waals surface area contributed by atoms with E-state index in [-0.39, 0.29) is 0 Å². The van der Waals surface area contributed by atoms with Crippen LogP contribution in [0.25, 0.3) is 0 Å². The van der Waals surface area contributed by atoms with Crippen molar-refractivity contribution in [2.24, 2.45) is 0 Å². The number of anilines is 1. The quantitative estimate of drug-likeness (QED) is 0.796. The third kappa shape index (κ3) is 4.82. The van der Waals surface area contributed by atoms with Gasteiger partial charge in [0.15, 0.2) is 0 Å². The topological polar surface area (TPSA) is 21.3 Å². The van der Waals surface area contributed by atoms with Gasteiger partial charge in [0.2, 0.25) is 0 Å². The van der Waals surface area contributed by atoms with Crippen molar-refractivity contribution in [3.8, 4) is 5.75 Å². The zero-order chi connectivity index (χ0) is 15.1. The van der Waals surface area contributed by atoms with Gasteiger partial charge in [-0.05, 0) is 55.2 Å². The molecule has 1 N–H and O–H groups in total. The Hall–Kier alpha value is -1.96. The number of ether oxygens (including phenoxy) is 1. The van der Waals surface area contributed by atoms with Gasteiger partial charge in [-0.2, -0.15) is 0 Å². The lowest BCUT2D eigenvalue weighted by Crippen LogP contribution is -2.17. The fourth-order valence-corrected chi connectivity index (χ4v) is 2.51. The first-order valence-electron chi connectivity index (χ1n) is 7.69. The monoisotopic (exact) mass is 283 g/mol. The van der Waals surface area contributed by atoms with Crippen molar-refractivity contribution < 1.29 is 4.74 Å². The van der Waals surface area contributed by atoms with Crippen LogP contribution in [0.15, 0.2) is 48.5 Å². The second-order valence-corrected chi connectivity index (χ2v) is 5.54. The van der Waals surface area contributed by atoms with Gasteiger partial charge in [0.1, 0.15) is 5.75 Å². The van der Waals surface area contributed by atoms with E-state index in [2.05, 4.69) is 55.6 Å². The zero-order valence-corrected chi connectivity index (χ0v) is 13.2. The highest BCUT2D eigenvalue weighted by molar-refractivity contribution is 5.45. The van der Waals surface area contributed by atoms with Gasteiger partial charge in [-0.25, -0.2) is 0 Å². The number of nitrogens with one attached hydrogen (secondary N) is 1. The molecule has 0 saturated heterocycles. The minimum absolute atomic E-state index is 0.399. The third-order valence-corrected chi connectivity index (χ3v) is 3.61. The molecule has 2 aromatic rings. The van der Waals surface area contributed by atoms with Gasteiger partial charge in [-0.15, -0.1) is 0 Å². The second-order valence-electron chi connectivity index (χ2n) is 5.54. The van der Waals surface area contributed by atoms with Gasteiger partial charge in [0.25, 0.3) is 0 Å². The van der Waals surface area contributed by atoms with Gasteiger partial charge in [0.05, 0.1) is 7.11 Å². The molecule has 2 aromatic carbocycles. The molecule has 1 atom stereocenters. The highest BCUT2D eigenvalue weighted by Gasteiger charge is 2.04. The molecule has 0 saturated carbocycles. The molecule has 0 aliphatic carbocycles. The van der Waals surface area contributed by atoms with E-state index in [0.717, 1.165) is 18.6 Å². The van der Waals surface area contributed by atoms with Crippen molar-refractivity contribution in [2.75, 3.05) is 12.4 Å². The van der Waals surface area contributed by atoms with E-state index in [1.165, 1.54) is 23.2 Å². The molecular formula is C19H25NO. The molecule has 2 nitrogen and oxygen atoms in total. The zero-order valence-electron chi connectivity index (χ0n) is 13.2. The molecule has 1 unspecified atom stereocenters. The maximum atomic E-state index is 5.19. The Bertz CT molecular complexity index is 530. The summed E-state index contributed by atoms with van der Waals surface area (Å²) in [5.41, 5.74) is 3.92. The fraction of sp³-hybridized carbons (Fsp3) is 0.368. The van der Waals surface area contributed by atoms with Crippen LogP contribution in [0.5, 0.6) is 5.75 Å². The standard InChI is InChI=1S/C19H25NO/c1-4-5-16-6-10-18(11-7-16)20-15(2)14-17-8-12-19(21-3)13-9-17/h6-13,15,20H,4-5,14H2,1-3H3. The molecule has 2 rings (SSSR count). The lowest BCUT2D eigenvalue weighted by molar-refractivity contribution is 0.414. The van der Waals surface area contributed by atoms with Crippen molar-refractivity contribution in [1.29, 1.82) is 0 Å². The summed E-state index contributed by atoms with van der Waals surface area (Å²) in [6, 6.07) is 17.5. The average molecular weight is 283 g/mol. The van der Waals surface area contributed by atoms with Crippen LogP contribution in [0.2, 0.25) is 0 Å². The highest BCUT2D eigenvalue weighted by atomic mass is 16.5. The maximum Gasteiger partial charge on any atom is 0.118 e. The molecule has 0 radical (unpaired) electrons. The first-order valence-corrected chi connectivity index (χ1v) is 7.69. The third-order valence-electron chi connectivity index (χ3n) is 3.61. The fourth-order valence-electron chi connectivity index (χ4n) is 2.51. The lowest BCUT2D eigenvalue weighted by atomic mass is 10.1. The summed E-state index contributed by atoms with van der Waals surface area (Å²) < 4.78 is 5.19. The first kappa shape index (κ1) is 15.4. The van der Waals surface area contributed by atoms with Gasteiger partial charge in [-0.1, -0.05) is 37.6 Å². The Morgan fingerprint density at radius 2 is 1.57 bits per heavy atom. The highest BCUT2D eigenvalue weighted by Crippen LogP contribution is 2.16. The Balaban J connectivity index is 1.89. The van der Waals surface area contributed by atoms with Crippen LogP contribution < -0.4 is 10.1 Å². The van der Waals surface area contributed by atoms with E-state index in [0.29, 0.717) is 6.04 Å². The van der Waals surface area contributed by atoms with Crippen molar-refractivity contribution in [2.45, 2.75) is 39.2 Å². The number of hydrogen-bond acceptors (Lipinski definition) is 2. The first-order chi connectivity index (χ1) is 10.2. The predicted octanol–water partition coefficient (Wildman–Crippen LogP) is 4.69. The molecule has 0 spiro atoms. The Morgan fingerprint density at radius 1 is 0.952 bits per heavy atom. The SMILES string of the molecule is CCCc1ccc(NC(C)Cc2ccc(OC)cc2)cc1. The van der Waals surface area contributed by atoms with E-state index in [1.807, 2.05) is 12.1 Å². The van der Waals surface area contributed by atoms with E-state index >= 15 is 0 Å². The van der Waals surface area contributed by atoms with Crippen molar-refractivity contribution in [3.63, 3.8) is 0 Å². The number of rotatable bonds is 7. The summed E-state index contributed by atoms with van der Waals surface area (Å²) in [4.78, 5) is 0. The van der Waals surface area contributed by atoms with Crippen LogP contribution in [0.1, 0.15) is 31.4 Å². The predicted molar refractivity (Wildman–Crippen MR) is 90.2 cm³/mol. The minimum Gasteiger partial charge on any atom is -0.497 e. The van der Waals surface area contributed by atoms with Crippen molar-refractivity contribution in [3.05, 3.63) is 59.7 Å². The molecule has 0 heterocycles. The van der Waals surface area contributed by atoms with Gasteiger partial charge >= 0.3 is 0 Å². The smallest absolute Gasteiger partial charge is 0.118 e.